The van der Waals surface area contributed by atoms with Crippen LogP contribution in [-0.4, -0.2) is 30.8 Å². The van der Waals surface area contributed by atoms with Crippen LogP contribution >= 0.6 is 0 Å². The summed E-state index contributed by atoms with van der Waals surface area (Å²) in [4.78, 5) is 0. The maximum Gasteiger partial charge on any atom is 0.0468 e. The van der Waals surface area contributed by atoms with Crippen molar-refractivity contribution in [3.8, 4) is 0 Å². The molecule has 0 aliphatic heterocycles. The minimum Gasteiger partial charge on any atom is -0.396 e. The summed E-state index contributed by atoms with van der Waals surface area (Å²) in [5, 5.41) is 12.5. The molecule has 1 aliphatic carbocycles. The Morgan fingerprint density at radius 2 is 2.14 bits per heavy atom. The number of nitrogens with one attached hydrogen (secondary N) is 1. The largest absolute Gasteiger partial charge is 0.396 e. The lowest BCUT2D eigenvalue weighted by atomic mass is 9.84. The van der Waals surface area contributed by atoms with Crippen LogP contribution in [0.1, 0.15) is 32.6 Å². The molecule has 1 fully saturated rings. The van der Waals surface area contributed by atoms with Crippen molar-refractivity contribution in [2.24, 2.45) is 17.6 Å². The van der Waals surface area contributed by atoms with Crippen LogP contribution in [0.2, 0.25) is 0 Å². The van der Waals surface area contributed by atoms with E-state index < -0.39 is 0 Å². The van der Waals surface area contributed by atoms with Gasteiger partial charge in [0.25, 0.3) is 0 Å². The van der Waals surface area contributed by atoms with E-state index in [4.69, 9.17) is 10.8 Å². The number of aliphatic hydroxyl groups excluding tert-OH is 1. The average molecular weight is 200 g/mol. The van der Waals surface area contributed by atoms with Crippen molar-refractivity contribution >= 4 is 0 Å². The molecule has 0 aromatic heterocycles. The number of hydrogen-bond acceptors (Lipinski definition) is 3. The summed E-state index contributed by atoms with van der Waals surface area (Å²) in [5.74, 6) is 1.00. The molecule has 3 nitrogen and oxygen atoms in total. The van der Waals surface area contributed by atoms with Crippen molar-refractivity contribution in [3.05, 3.63) is 0 Å². The van der Waals surface area contributed by atoms with E-state index in [1.807, 2.05) is 0 Å². The normalized spacial score (nSPS) is 30.2. The first-order valence-corrected chi connectivity index (χ1v) is 5.82. The van der Waals surface area contributed by atoms with Gasteiger partial charge in [0.1, 0.15) is 0 Å². The third-order valence-corrected chi connectivity index (χ3v) is 3.25. The Morgan fingerprint density at radius 3 is 2.79 bits per heavy atom. The van der Waals surface area contributed by atoms with E-state index in [2.05, 4.69) is 12.2 Å². The first kappa shape index (κ1) is 12.0. The highest BCUT2D eigenvalue weighted by atomic mass is 16.3. The lowest BCUT2D eigenvalue weighted by Gasteiger charge is -2.32. The van der Waals surface area contributed by atoms with Crippen molar-refractivity contribution in [1.29, 1.82) is 0 Å². The lowest BCUT2D eigenvalue weighted by molar-refractivity contribution is 0.210. The van der Waals surface area contributed by atoms with Gasteiger partial charge in [-0.05, 0) is 31.2 Å². The van der Waals surface area contributed by atoms with Crippen molar-refractivity contribution in [2.75, 3.05) is 19.7 Å². The van der Waals surface area contributed by atoms with E-state index in [9.17, 15) is 0 Å². The van der Waals surface area contributed by atoms with E-state index in [0.717, 1.165) is 13.1 Å². The second-order valence-electron chi connectivity index (χ2n) is 4.58. The van der Waals surface area contributed by atoms with Crippen LogP contribution in [0.15, 0.2) is 0 Å². The summed E-state index contributed by atoms with van der Waals surface area (Å²) >= 11 is 0. The summed E-state index contributed by atoms with van der Waals surface area (Å²) < 4.78 is 0. The van der Waals surface area contributed by atoms with Crippen LogP contribution in [0.4, 0.5) is 0 Å². The third-order valence-electron chi connectivity index (χ3n) is 3.25. The van der Waals surface area contributed by atoms with Gasteiger partial charge >= 0.3 is 0 Å². The molecule has 0 saturated heterocycles. The number of nitrogens with two attached hydrogens (primary N) is 1. The van der Waals surface area contributed by atoms with Gasteiger partial charge in [0.2, 0.25) is 0 Å². The number of rotatable bonds is 5. The molecule has 1 rings (SSSR count). The van der Waals surface area contributed by atoms with E-state index >= 15 is 0 Å². The van der Waals surface area contributed by atoms with Crippen LogP contribution < -0.4 is 11.1 Å². The Morgan fingerprint density at radius 1 is 1.43 bits per heavy atom. The summed E-state index contributed by atoms with van der Waals surface area (Å²) in [7, 11) is 0. The van der Waals surface area contributed by atoms with Crippen molar-refractivity contribution < 1.29 is 5.11 Å². The minimum absolute atomic E-state index is 0.271. The van der Waals surface area contributed by atoms with Crippen LogP contribution in [0, 0.1) is 11.8 Å². The minimum atomic E-state index is 0.271. The Kier molecular flexibility index (Phi) is 5.45. The molecule has 0 radical (unpaired) electrons. The molecular formula is C11H24N2O. The monoisotopic (exact) mass is 200 g/mol. The quantitative estimate of drug-likeness (QED) is 0.613. The highest BCUT2D eigenvalue weighted by molar-refractivity contribution is 4.81. The molecule has 3 atom stereocenters. The van der Waals surface area contributed by atoms with Crippen molar-refractivity contribution in [1.82, 2.24) is 5.32 Å². The Bertz CT molecular complexity index is 152. The van der Waals surface area contributed by atoms with Crippen LogP contribution in [0.3, 0.4) is 0 Å². The van der Waals surface area contributed by atoms with Crippen LogP contribution in [0.25, 0.3) is 0 Å². The summed E-state index contributed by atoms with van der Waals surface area (Å²) in [6, 6.07) is 0.586. The van der Waals surface area contributed by atoms with E-state index in [-0.39, 0.29) is 6.61 Å². The molecule has 0 spiro atoms. The highest BCUT2D eigenvalue weighted by Crippen LogP contribution is 2.23. The van der Waals surface area contributed by atoms with E-state index in [1.165, 1.54) is 25.7 Å². The van der Waals surface area contributed by atoms with Crippen LogP contribution in [0.5, 0.6) is 0 Å². The van der Waals surface area contributed by atoms with Gasteiger partial charge in [-0.25, -0.2) is 0 Å². The van der Waals surface area contributed by atoms with Crippen molar-refractivity contribution in [3.63, 3.8) is 0 Å². The predicted molar refractivity (Wildman–Crippen MR) is 59.1 cm³/mol. The van der Waals surface area contributed by atoms with Gasteiger partial charge in [-0.2, -0.15) is 0 Å². The molecule has 14 heavy (non-hydrogen) atoms. The molecule has 0 aromatic carbocycles. The Hall–Kier alpha value is -0.120. The first-order chi connectivity index (χ1) is 6.77. The van der Waals surface area contributed by atoms with Gasteiger partial charge in [0.05, 0.1) is 0 Å². The van der Waals surface area contributed by atoms with Gasteiger partial charge in [0.15, 0.2) is 0 Å². The molecule has 3 unspecified atom stereocenters. The fourth-order valence-electron chi connectivity index (χ4n) is 2.18. The fourth-order valence-corrected chi connectivity index (χ4v) is 2.18. The lowest BCUT2D eigenvalue weighted by Crippen LogP contribution is -2.43. The van der Waals surface area contributed by atoms with E-state index in [0.29, 0.717) is 17.9 Å². The van der Waals surface area contributed by atoms with E-state index in [1.54, 1.807) is 0 Å². The van der Waals surface area contributed by atoms with Gasteiger partial charge < -0.3 is 16.2 Å². The SMILES string of the molecule is CC(CO)CNC1CCCCC1CN. The Balaban J connectivity index is 2.26. The molecule has 1 saturated carbocycles. The topological polar surface area (TPSA) is 58.3 Å². The molecule has 4 N–H and O–H groups in total. The summed E-state index contributed by atoms with van der Waals surface area (Å²) in [6.07, 6.45) is 5.17. The average Bonchev–Trinajstić information content (AvgIpc) is 2.26. The number of aliphatic hydroxyl groups is 1. The van der Waals surface area contributed by atoms with Gasteiger partial charge in [0, 0.05) is 19.2 Å². The molecule has 0 bridgehead atoms. The smallest absolute Gasteiger partial charge is 0.0468 e. The van der Waals surface area contributed by atoms with Gasteiger partial charge in [-0.1, -0.05) is 19.8 Å². The highest BCUT2D eigenvalue weighted by Gasteiger charge is 2.23. The zero-order chi connectivity index (χ0) is 10.4. The maximum atomic E-state index is 8.92. The number of hydrogen-bond donors (Lipinski definition) is 3. The molecule has 0 aromatic rings. The second kappa shape index (κ2) is 6.38. The van der Waals surface area contributed by atoms with Gasteiger partial charge in [-0.3, -0.25) is 0 Å². The molecule has 3 heteroatoms. The summed E-state index contributed by atoms with van der Waals surface area (Å²) in [6.45, 7) is 4.04. The second-order valence-corrected chi connectivity index (χ2v) is 4.58. The molecule has 0 amide bonds. The van der Waals surface area contributed by atoms with Crippen molar-refractivity contribution in [2.45, 2.75) is 38.6 Å². The first-order valence-electron chi connectivity index (χ1n) is 5.82. The molecule has 84 valence electrons. The molecular weight excluding hydrogens is 176 g/mol. The zero-order valence-corrected chi connectivity index (χ0v) is 9.21. The van der Waals surface area contributed by atoms with Crippen LogP contribution in [-0.2, 0) is 0 Å². The maximum absolute atomic E-state index is 8.92. The molecule has 1 aliphatic rings. The Labute approximate surface area is 87.1 Å². The fraction of sp³-hybridized carbons (Fsp3) is 1.00. The zero-order valence-electron chi connectivity index (χ0n) is 9.21. The van der Waals surface area contributed by atoms with Gasteiger partial charge in [-0.15, -0.1) is 0 Å². The summed E-state index contributed by atoms with van der Waals surface area (Å²) in [5.41, 5.74) is 5.74. The standard InChI is InChI=1S/C11H24N2O/c1-9(8-14)7-13-11-5-3-2-4-10(11)6-12/h9-11,13-14H,2-8,12H2,1H3. The molecule has 0 heterocycles. The predicted octanol–water partition coefficient (Wildman–Crippen LogP) is 0.722. The third kappa shape index (κ3) is 3.56.